The minimum atomic E-state index is -0.902. The van der Waals surface area contributed by atoms with E-state index in [1.165, 1.54) is 11.8 Å². The van der Waals surface area contributed by atoms with Crippen LogP contribution >= 0.6 is 11.8 Å². The number of hydrogen-bond acceptors (Lipinski definition) is 6. The van der Waals surface area contributed by atoms with Crippen LogP contribution in [0.15, 0.2) is 84.0 Å². The Morgan fingerprint density at radius 3 is 2.23 bits per heavy atom. The van der Waals surface area contributed by atoms with E-state index in [1.54, 1.807) is 24.1 Å². The second kappa shape index (κ2) is 12.4. The molecular formula is C31H35N5O3S. The number of benzene rings is 3. The van der Waals surface area contributed by atoms with E-state index in [0.29, 0.717) is 28.0 Å². The highest BCUT2D eigenvalue weighted by Crippen LogP contribution is 2.32. The molecule has 0 aliphatic heterocycles. The fourth-order valence-electron chi connectivity index (χ4n) is 4.26. The van der Waals surface area contributed by atoms with Crippen LogP contribution < -0.4 is 15.0 Å². The van der Waals surface area contributed by atoms with Gasteiger partial charge in [-0.05, 0) is 57.5 Å². The topological polar surface area (TPSA) is 89.3 Å². The molecule has 0 aliphatic carbocycles. The van der Waals surface area contributed by atoms with Crippen molar-refractivity contribution in [2.45, 2.75) is 44.4 Å². The van der Waals surface area contributed by atoms with Crippen molar-refractivity contribution >= 4 is 29.3 Å². The summed E-state index contributed by atoms with van der Waals surface area (Å²) in [4.78, 5) is 29.4. The Morgan fingerprint density at radius 2 is 1.62 bits per heavy atom. The molecule has 1 N–H and O–H groups in total. The van der Waals surface area contributed by atoms with Crippen LogP contribution in [0.25, 0.3) is 11.4 Å². The molecule has 1 atom stereocenters. The summed E-state index contributed by atoms with van der Waals surface area (Å²) in [6, 6.07) is 23.7. The Kier molecular flexibility index (Phi) is 8.94. The zero-order valence-electron chi connectivity index (χ0n) is 23.7. The highest BCUT2D eigenvalue weighted by atomic mass is 32.2. The van der Waals surface area contributed by atoms with E-state index in [0.717, 1.165) is 11.1 Å². The van der Waals surface area contributed by atoms with Crippen molar-refractivity contribution in [2.24, 2.45) is 7.05 Å². The van der Waals surface area contributed by atoms with Gasteiger partial charge in [-0.3, -0.25) is 14.5 Å². The second-order valence-electron chi connectivity index (χ2n) is 10.5. The first-order valence-electron chi connectivity index (χ1n) is 13.0. The molecular weight excluding hydrogens is 522 g/mol. The lowest BCUT2D eigenvalue weighted by Crippen LogP contribution is -2.50. The molecule has 2 amide bonds. The number of nitrogens with one attached hydrogen (secondary N) is 1. The van der Waals surface area contributed by atoms with Gasteiger partial charge in [0.15, 0.2) is 11.0 Å². The Labute approximate surface area is 239 Å². The Hall–Kier alpha value is -4.11. The van der Waals surface area contributed by atoms with Crippen molar-refractivity contribution in [1.82, 2.24) is 20.1 Å². The third kappa shape index (κ3) is 6.90. The maximum absolute atomic E-state index is 14.0. The SMILES string of the molecule is COc1ccc([C@H](C(=O)NC(C)(C)C)N(C(=O)CSc2nnc(-c3ccccc3)n2C)c2ccc(C)cc2)cc1. The van der Waals surface area contributed by atoms with Crippen molar-refractivity contribution in [3.63, 3.8) is 0 Å². The summed E-state index contributed by atoms with van der Waals surface area (Å²) in [5.74, 6) is 0.930. The Balaban J connectivity index is 1.69. The van der Waals surface area contributed by atoms with E-state index in [-0.39, 0.29) is 17.6 Å². The monoisotopic (exact) mass is 557 g/mol. The summed E-state index contributed by atoms with van der Waals surface area (Å²) in [5.41, 5.74) is 2.80. The van der Waals surface area contributed by atoms with E-state index >= 15 is 0 Å². The summed E-state index contributed by atoms with van der Waals surface area (Å²) >= 11 is 1.29. The molecule has 0 saturated carbocycles. The number of ether oxygens (including phenoxy) is 1. The van der Waals surface area contributed by atoms with Crippen LogP contribution in [0.3, 0.4) is 0 Å². The molecule has 0 fully saturated rings. The zero-order valence-corrected chi connectivity index (χ0v) is 24.5. The number of anilines is 1. The summed E-state index contributed by atoms with van der Waals surface area (Å²) in [7, 11) is 3.47. The molecule has 9 heteroatoms. The maximum Gasteiger partial charge on any atom is 0.248 e. The molecule has 0 aliphatic rings. The molecule has 0 spiro atoms. The molecule has 1 heterocycles. The normalized spacial score (nSPS) is 12.1. The lowest BCUT2D eigenvalue weighted by molar-refractivity contribution is -0.127. The molecule has 0 saturated heterocycles. The van der Waals surface area contributed by atoms with Gasteiger partial charge in [-0.15, -0.1) is 10.2 Å². The van der Waals surface area contributed by atoms with Gasteiger partial charge in [0, 0.05) is 23.8 Å². The summed E-state index contributed by atoms with van der Waals surface area (Å²) < 4.78 is 7.20. The minimum absolute atomic E-state index is 0.0596. The third-order valence-corrected chi connectivity index (χ3v) is 7.21. The van der Waals surface area contributed by atoms with Gasteiger partial charge in [-0.2, -0.15) is 0 Å². The number of methoxy groups -OCH3 is 1. The minimum Gasteiger partial charge on any atom is -0.497 e. The van der Waals surface area contributed by atoms with Gasteiger partial charge in [0.2, 0.25) is 11.8 Å². The predicted molar refractivity (Wildman–Crippen MR) is 159 cm³/mol. The highest BCUT2D eigenvalue weighted by Gasteiger charge is 2.34. The maximum atomic E-state index is 14.0. The fourth-order valence-corrected chi connectivity index (χ4v) is 5.03. The van der Waals surface area contributed by atoms with Gasteiger partial charge < -0.3 is 14.6 Å². The first-order valence-corrected chi connectivity index (χ1v) is 14.0. The number of rotatable bonds is 9. The molecule has 8 nitrogen and oxygen atoms in total. The van der Waals surface area contributed by atoms with Crippen LogP contribution in [0.5, 0.6) is 5.75 Å². The molecule has 1 aromatic heterocycles. The number of carbonyl (C=O) groups excluding carboxylic acids is 2. The molecule has 4 aromatic rings. The predicted octanol–water partition coefficient (Wildman–Crippen LogP) is 5.58. The average Bonchev–Trinajstić information content (AvgIpc) is 3.30. The van der Waals surface area contributed by atoms with Crippen molar-refractivity contribution in [2.75, 3.05) is 17.8 Å². The van der Waals surface area contributed by atoms with E-state index < -0.39 is 11.6 Å². The Morgan fingerprint density at radius 1 is 0.975 bits per heavy atom. The van der Waals surface area contributed by atoms with Gasteiger partial charge in [0.25, 0.3) is 0 Å². The molecule has 0 unspecified atom stereocenters. The molecule has 3 aromatic carbocycles. The standard InChI is InChI=1S/C31H35N5O3S/c1-21-12-16-24(17-13-21)36(27(29(38)32-31(2,3)4)22-14-18-25(39-6)19-15-22)26(37)20-40-30-34-33-28(35(30)5)23-10-8-7-9-11-23/h7-19,27H,20H2,1-6H3,(H,32,38)/t27-/m1/s1. The van der Waals surface area contributed by atoms with Gasteiger partial charge in [-0.1, -0.05) is 71.9 Å². The molecule has 0 radical (unpaired) electrons. The number of thioether (sulfide) groups is 1. The average molecular weight is 558 g/mol. The number of carbonyl (C=O) groups is 2. The van der Waals surface area contributed by atoms with Crippen molar-refractivity contribution < 1.29 is 14.3 Å². The van der Waals surface area contributed by atoms with Crippen molar-refractivity contribution in [1.29, 1.82) is 0 Å². The smallest absolute Gasteiger partial charge is 0.248 e. The highest BCUT2D eigenvalue weighted by molar-refractivity contribution is 7.99. The number of nitrogens with zero attached hydrogens (tertiary/aromatic N) is 4. The number of hydrogen-bond donors (Lipinski definition) is 1. The number of aryl methyl sites for hydroxylation is 1. The first kappa shape index (κ1) is 28.9. The molecule has 40 heavy (non-hydrogen) atoms. The van der Waals surface area contributed by atoms with Gasteiger partial charge in [-0.25, -0.2) is 0 Å². The van der Waals surface area contributed by atoms with Crippen LogP contribution in [0.2, 0.25) is 0 Å². The van der Waals surface area contributed by atoms with Crippen LogP contribution in [-0.2, 0) is 16.6 Å². The second-order valence-corrected chi connectivity index (χ2v) is 11.5. The van der Waals surface area contributed by atoms with Crippen LogP contribution in [-0.4, -0.2) is 45.0 Å². The van der Waals surface area contributed by atoms with E-state index in [2.05, 4.69) is 15.5 Å². The quantitative estimate of drug-likeness (QED) is 0.270. The Bertz CT molecular complexity index is 1450. The van der Waals surface area contributed by atoms with Gasteiger partial charge in [0.1, 0.15) is 11.8 Å². The largest absolute Gasteiger partial charge is 0.497 e. The zero-order chi connectivity index (χ0) is 28.9. The molecule has 208 valence electrons. The lowest BCUT2D eigenvalue weighted by Gasteiger charge is -2.34. The van der Waals surface area contributed by atoms with Gasteiger partial charge in [0.05, 0.1) is 12.9 Å². The third-order valence-electron chi connectivity index (χ3n) is 6.21. The van der Waals surface area contributed by atoms with Crippen LogP contribution in [0, 0.1) is 6.92 Å². The lowest BCUT2D eigenvalue weighted by atomic mass is 10.0. The summed E-state index contributed by atoms with van der Waals surface area (Å²) in [6.45, 7) is 7.74. The molecule has 4 rings (SSSR count). The van der Waals surface area contributed by atoms with Crippen molar-refractivity contribution in [3.8, 4) is 17.1 Å². The molecule has 0 bridgehead atoms. The van der Waals surface area contributed by atoms with Crippen LogP contribution in [0.1, 0.15) is 37.9 Å². The van der Waals surface area contributed by atoms with Crippen molar-refractivity contribution in [3.05, 3.63) is 90.0 Å². The van der Waals surface area contributed by atoms with Crippen LogP contribution in [0.4, 0.5) is 5.69 Å². The fraction of sp³-hybridized carbons (Fsp3) is 0.290. The van der Waals surface area contributed by atoms with E-state index in [9.17, 15) is 9.59 Å². The first-order chi connectivity index (χ1) is 19.1. The summed E-state index contributed by atoms with van der Waals surface area (Å²) in [5, 5.41) is 12.3. The van der Waals surface area contributed by atoms with E-state index in [1.807, 2.05) is 106 Å². The summed E-state index contributed by atoms with van der Waals surface area (Å²) in [6.07, 6.45) is 0. The number of amides is 2. The van der Waals surface area contributed by atoms with E-state index in [4.69, 9.17) is 4.74 Å². The number of aromatic nitrogens is 3. The van der Waals surface area contributed by atoms with Gasteiger partial charge >= 0.3 is 0 Å².